The molecule has 0 heterocycles. The molecule has 0 aliphatic carbocycles. The largest absolute Gasteiger partial charge is 0.511 e. The molecule has 3 nitrogen and oxygen atoms in total. The quantitative estimate of drug-likeness (QED) is 0.582. The van der Waals surface area contributed by atoms with Gasteiger partial charge in [-0.05, 0) is 18.9 Å². The van der Waals surface area contributed by atoms with Gasteiger partial charge in [-0.3, -0.25) is 4.79 Å². The maximum Gasteiger partial charge on any atom is 0.159 e. The Bertz CT molecular complexity index is 368. The molecule has 0 spiro atoms. The third-order valence-electron chi connectivity index (χ3n) is 2.24. The van der Waals surface area contributed by atoms with Gasteiger partial charge in [-0.15, -0.1) is 0 Å². The van der Waals surface area contributed by atoms with E-state index in [1.54, 1.807) is 12.1 Å². The van der Waals surface area contributed by atoms with Crippen LogP contribution in [0, 0.1) is 0 Å². The maximum atomic E-state index is 11.0. The van der Waals surface area contributed by atoms with Crippen molar-refractivity contribution < 1.29 is 9.90 Å². The van der Waals surface area contributed by atoms with Crippen molar-refractivity contribution >= 4 is 5.78 Å². The summed E-state index contributed by atoms with van der Waals surface area (Å²) in [5, 5.41) is 9.05. The van der Waals surface area contributed by atoms with Gasteiger partial charge in [0.15, 0.2) is 5.78 Å². The minimum Gasteiger partial charge on any atom is -0.511 e. The molecule has 0 amide bonds. The van der Waals surface area contributed by atoms with Gasteiger partial charge in [0, 0.05) is 5.56 Å². The Morgan fingerprint density at radius 2 is 2.00 bits per heavy atom. The van der Waals surface area contributed by atoms with Crippen LogP contribution in [0.2, 0.25) is 0 Å². The Kier molecular flexibility index (Phi) is 3.63. The van der Waals surface area contributed by atoms with E-state index in [-0.39, 0.29) is 11.5 Å². The molecule has 1 atom stereocenters. The van der Waals surface area contributed by atoms with Crippen molar-refractivity contribution in [2.45, 2.75) is 19.4 Å². The van der Waals surface area contributed by atoms with E-state index < -0.39 is 6.04 Å². The van der Waals surface area contributed by atoms with Gasteiger partial charge in [-0.2, -0.15) is 0 Å². The van der Waals surface area contributed by atoms with Crippen LogP contribution in [0.15, 0.2) is 36.6 Å². The minimum atomic E-state index is -0.451. The second-order valence-electron chi connectivity index (χ2n) is 3.56. The molecule has 15 heavy (non-hydrogen) atoms. The standard InChI is InChI=1S/C12H15NO2/c1-8(14)11-5-3-10(4-6-11)7-12(13)9(2)15/h3-6,12,15H,2,7,13H2,1H3. The summed E-state index contributed by atoms with van der Waals surface area (Å²) in [6.45, 7) is 4.90. The fraction of sp³-hybridized carbons (Fsp3) is 0.250. The lowest BCUT2D eigenvalue weighted by Gasteiger charge is -2.09. The Hall–Kier alpha value is -1.61. The van der Waals surface area contributed by atoms with Crippen molar-refractivity contribution in [2.24, 2.45) is 5.73 Å². The highest BCUT2D eigenvalue weighted by molar-refractivity contribution is 5.93. The summed E-state index contributed by atoms with van der Waals surface area (Å²) in [5.41, 5.74) is 7.28. The molecule has 0 bridgehead atoms. The lowest BCUT2D eigenvalue weighted by molar-refractivity contribution is 0.101. The Labute approximate surface area is 89.2 Å². The number of benzene rings is 1. The van der Waals surface area contributed by atoms with Gasteiger partial charge < -0.3 is 10.8 Å². The number of ketones is 1. The molecule has 0 fully saturated rings. The van der Waals surface area contributed by atoms with Crippen LogP contribution < -0.4 is 5.73 Å². The molecular formula is C12H15NO2. The normalized spacial score (nSPS) is 12.1. The van der Waals surface area contributed by atoms with E-state index in [2.05, 4.69) is 6.58 Å². The van der Waals surface area contributed by atoms with Crippen molar-refractivity contribution in [3.63, 3.8) is 0 Å². The number of carbonyl (C=O) groups is 1. The summed E-state index contributed by atoms with van der Waals surface area (Å²) < 4.78 is 0. The molecule has 1 unspecified atom stereocenters. The molecule has 0 aliphatic rings. The third-order valence-corrected chi connectivity index (χ3v) is 2.24. The van der Waals surface area contributed by atoms with Crippen LogP contribution in [0.1, 0.15) is 22.8 Å². The SMILES string of the molecule is C=C(O)C(N)Cc1ccc(C(C)=O)cc1. The number of aliphatic hydroxyl groups excluding tert-OH is 1. The average molecular weight is 205 g/mol. The monoisotopic (exact) mass is 205 g/mol. The molecule has 0 radical (unpaired) electrons. The molecule has 80 valence electrons. The number of aliphatic hydroxyl groups is 1. The first-order valence-electron chi connectivity index (χ1n) is 4.74. The van der Waals surface area contributed by atoms with Crippen LogP contribution in [-0.4, -0.2) is 16.9 Å². The van der Waals surface area contributed by atoms with Gasteiger partial charge in [0.25, 0.3) is 0 Å². The second-order valence-corrected chi connectivity index (χ2v) is 3.56. The van der Waals surface area contributed by atoms with E-state index >= 15 is 0 Å². The predicted octanol–water partition coefficient (Wildman–Crippen LogP) is 1.83. The van der Waals surface area contributed by atoms with Gasteiger partial charge >= 0.3 is 0 Å². The summed E-state index contributed by atoms with van der Waals surface area (Å²) in [5.74, 6) is 0.0167. The average Bonchev–Trinajstić information content (AvgIpc) is 2.18. The fourth-order valence-corrected chi connectivity index (χ4v) is 1.25. The van der Waals surface area contributed by atoms with Crippen LogP contribution >= 0.6 is 0 Å². The van der Waals surface area contributed by atoms with E-state index in [9.17, 15) is 4.79 Å². The molecule has 3 heteroatoms. The van der Waals surface area contributed by atoms with E-state index in [0.717, 1.165) is 5.56 Å². The minimum absolute atomic E-state index is 0.0226. The van der Waals surface area contributed by atoms with Gasteiger partial charge in [0.2, 0.25) is 0 Å². The lowest BCUT2D eigenvalue weighted by atomic mass is 10.0. The van der Waals surface area contributed by atoms with E-state index in [1.165, 1.54) is 6.92 Å². The number of hydrogen-bond donors (Lipinski definition) is 2. The van der Waals surface area contributed by atoms with Crippen molar-refractivity contribution in [3.8, 4) is 0 Å². The summed E-state index contributed by atoms with van der Waals surface area (Å²) in [6, 6.07) is 6.72. The van der Waals surface area contributed by atoms with E-state index in [0.29, 0.717) is 12.0 Å². The smallest absolute Gasteiger partial charge is 0.159 e. The number of hydrogen-bond acceptors (Lipinski definition) is 3. The zero-order valence-corrected chi connectivity index (χ0v) is 8.73. The maximum absolute atomic E-state index is 11.0. The topological polar surface area (TPSA) is 63.3 Å². The molecule has 1 aromatic carbocycles. The van der Waals surface area contributed by atoms with E-state index in [1.807, 2.05) is 12.1 Å². The van der Waals surface area contributed by atoms with E-state index in [4.69, 9.17) is 10.8 Å². The molecular weight excluding hydrogens is 190 g/mol. The molecule has 1 aromatic rings. The van der Waals surface area contributed by atoms with Crippen molar-refractivity contribution in [2.75, 3.05) is 0 Å². The van der Waals surface area contributed by atoms with Gasteiger partial charge in [-0.1, -0.05) is 30.8 Å². The molecule has 3 N–H and O–H groups in total. The summed E-state index contributed by atoms with van der Waals surface area (Å²) in [4.78, 5) is 11.0. The number of carbonyl (C=O) groups excluding carboxylic acids is 1. The van der Waals surface area contributed by atoms with Crippen LogP contribution in [0.3, 0.4) is 0 Å². The molecule has 0 saturated heterocycles. The van der Waals surface area contributed by atoms with Gasteiger partial charge in [0.1, 0.15) is 5.76 Å². The van der Waals surface area contributed by atoms with Gasteiger partial charge in [-0.25, -0.2) is 0 Å². The van der Waals surface area contributed by atoms with Crippen molar-refractivity contribution in [1.82, 2.24) is 0 Å². The fourth-order valence-electron chi connectivity index (χ4n) is 1.25. The van der Waals surface area contributed by atoms with Crippen LogP contribution in [-0.2, 0) is 6.42 Å². The number of nitrogens with two attached hydrogens (primary N) is 1. The Morgan fingerprint density at radius 3 is 2.40 bits per heavy atom. The zero-order valence-electron chi connectivity index (χ0n) is 8.73. The van der Waals surface area contributed by atoms with Crippen LogP contribution in [0.5, 0.6) is 0 Å². The van der Waals surface area contributed by atoms with Crippen LogP contribution in [0.4, 0.5) is 0 Å². The highest BCUT2D eigenvalue weighted by Gasteiger charge is 2.07. The highest BCUT2D eigenvalue weighted by Crippen LogP contribution is 2.08. The van der Waals surface area contributed by atoms with Gasteiger partial charge in [0.05, 0.1) is 6.04 Å². The first-order chi connectivity index (χ1) is 7.00. The third kappa shape index (κ3) is 3.22. The Morgan fingerprint density at radius 1 is 1.47 bits per heavy atom. The summed E-state index contributed by atoms with van der Waals surface area (Å²) in [6.07, 6.45) is 0.521. The number of rotatable bonds is 4. The molecule has 0 saturated carbocycles. The molecule has 0 aliphatic heterocycles. The lowest BCUT2D eigenvalue weighted by Crippen LogP contribution is -2.24. The zero-order chi connectivity index (χ0) is 11.4. The summed E-state index contributed by atoms with van der Waals surface area (Å²) >= 11 is 0. The number of Topliss-reactive ketones (excluding diaryl/α,β-unsaturated/α-hetero) is 1. The van der Waals surface area contributed by atoms with Crippen molar-refractivity contribution in [1.29, 1.82) is 0 Å². The highest BCUT2D eigenvalue weighted by atomic mass is 16.3. The first-order valence-corrected chi connectivity index (χ1v) is 4.74. The Balaban J connectivity index is 2.72. The second kappa shape index (κ2) is 4.75. The molecule has 0 aromatic heterocycles. The van der Waals surface area contributed by atoms with Crippen LogP contribution in [0.25, 0.3) is 0 Å². The predicted molar refractivity (Wildman–Crippen MR) is 59.9 cm³/mol. The van der Waals surface area contributed by atoms with Crippen molar-refractivity contribution in [3.05, 3.63) is 47.7 Å². The molecule has 1 rings (SSSR count). The summed E-state index contributed by atoms with van der Waals surface area (Å²) in [7, 11) is 0. The first kappa shape index (κ1) is 11.5.